The molecule has 2 N–H and O–H groups in total. The number of amides is 1. The number of thioether (sulfide) groups is 1. The summed E-state index contributed by atoms with van der Waals surface area (Å²) in [5.74, 6) is 1.11. The third kappa shape index (κ3) is 6.87. The highest BCUT2D eigenvalue weighted by Gasteiger charge is 2.20. The summed E-state index contributed by atoms with van der Waals surface area (Å²) >= 11 is 5.39. The summed E-state index contributed by atoms with van der Waals surface area (Å²) in [4.78, 5) is 13.1. The van der Waals surface area contributed by atoms with Gasteiger partial charge in [0.05, 0.1) is 13.2 Å². The third-order valence-corrected chi connectivity index (χ3v) is 5.32. The van der Waals surface area contributed by atoms with E-state index < -0.39 is 0 Å². The Morgan fingerprint density at radius 2 is 2.23 bits per heavy atom. The molecule has 2 rings (SSSR count). The van der Waals surface area contributed by atoms with E-state index in [1.165, 1.54) is 4.90 Å². The van der Waals surface area contributed by atoms with Crippen LogP contribution in [0.15, 0.2) is 33.6 Å². The molecule has 4 nitrogen and oxygen atoms in total. The van der Waals surface area contributed by atoms with Crippen LogP contribution in [0.2, 0.25) is 0 Å². The number of ether oxygens (including phenoxy) is 1. The van der Waals surface area contributed by atoms with Crippen LogP contribution in [0, 0.1) is 0 Å². The smallest absolute Gasteiger partial charge is 0.239 e. The number of hydrogen-bond acceptors (Lipinski definition) is 4. The second kappa shape index (κ2) is 11.3. The van der Waals surface area contributed by atoms with Gasteiger partial charge in [-0.1, -0.05) is 12.1 Å². The zero-order valence-corrected chi connectivity index (χ0v) is 15.6. The van der Waals surface area contributed by atoms with Crippen LogP contribution in [0.3, 0.4) is 0 Å². The monoisotopic (exact) mass is 408 g/mol. The van der Waals surface area contributed by atoms with Gasteiger partial charge in [0.25, 0.3) is 0 Å². The summed E-state index contributed by atoms with van der Waals surface area (Å²) in [5, 5.41) is 6.11. The van der Waals surface area contributed by atoms with E-state index in [2.05, 4.69) is 38.7 Å². The molecule has 0 aromatic heterocycles. The normalized spacial score (nSPS) is 17.6. The minimum atomic E-state index is -0.187. The van der Waals surface area contributed by atoms with Gasteiger partial charge in [0.2, 0.25) is 5.91 Å². The fourth-order valence-corrected chi connectivity index (χ4v) is 3.62. The summed E-state index contributed by atoms with van der Waals surface area (Å²) in [6, 6.07) is 8.06. The van der Waals surface area contributed by atoms with Gasteiger partial charge in [-0.3, -0.25) is 4.79 Å². The molecule has 1 heterocycles. The molecule has 22 heavy (non-hydrogen) atoms. The minimum Gasteiger partial charge on any atom is -0.378 e. The van der Waals surface area contributed by atoms with E-state index >= 15 is 0 Å². The number of carbonyl (C=O) groups excluding carboxylic acids is 1. The molecule has 0 saturated carbocycles. The van der Waals surface area contributed by atoms with Gasteiger partial charge in [-0.2, -0.15) is 0 Å². The maximum Gasteiger partial charge on any atom is 0.239 e. The molecule has 1 saturated heterocycles. The fraction of sp³-hybridized carbons (Fsp3) is 0.533. The number of nitrogens with one attached hydrogen (secondary N) is 2. The quantitative estimate of drug-likeness (QED) is 0.537. The Morgan fingerprint density at radius 3 is 2.95 bits per heavy atom. The van der Waals surface area contributed by atoms with E-state index in [9.17, 15) is 4.79 Å². The third-order valence-electron chi connectivity index (χ3n) is 3.20. The molecule has 1 aromatic carbocycles. The largest absolute Gasteiger partial charge is 0.378 e. The Morgan fingerprint density at radius 1 is 1.41 bits per heavy atom. The molecule has 1 amide bonds. The van der Waals surface area contributed by atoms with Crippen LogP contribution in [-0.4, -0.2) is 44.0 Å². The van der Waals surface area contributed by atoms with Crippen molar-refractivity contribution in [3.05, 3.63) is 28.7 Å². The van der Waals surface area contributed by atoms with E-state index in [1.807, 2.05) is 23.9 Å². The molecular weight excluding hydrogens is 388 g/mol. The lowest BCUT2D eigenvalue weighted by Gasteiger charge is -2.22. The maximum absolute atomic E-state index is 11.8. The van der Waals surface area contributed by atoms with Crippen molar-refractivity contribution in [1.82, 2.24) is 10.6 Å². The van der Waals surface area contributed by atoms with E-state index in [-0.39, 0.29) is 24.4 Å². The Labute approximate surface area is 150 Å². The molecule has 1 aliphatic rings. The lowest BCUT2D eigenvalue weighted by Crippen LogP contribution is -2.51. The molecule has 0 bridgehead atoms. The van der Waals surface area contributed by atoms with E-state index in [0.717, 1.165) is 36.2 Å². The van der Waals surface area contributed by atoms with Gasteiger partial charge < -0.3 is 15.4 Å². The first-order valence-electron chi connectivity index (χ1n) is 7.23. The van der Waals surface area contributed by atoms with Crippen LogP contribution in [0.25, 0.3) is 0 Å². The number of rotatable bonds is 7. The molecule has 1 aliphatic heterocycles. The van der Waals surface area contributed by atoms with Gasteiger partial charge in [0, 0.05) is 22.5 Å². The molecule has 1 unspecified atom stereocenters. The van der Waals surface area contributed by atoms with Gasteiger partial charge in [0.1, 0.15) is 6.04 Å². The Bertz CT molecular complexity index is 459. The Hall–Kier alpha value is -0.270. The summed E-state index contributed by atoms with van der Waals surface area (Å²) in [7, 11) is 0. The van der Waals surface area contributed by atoms with Crippen LogP contribution in [0.5, 0.6) is 0 Å². The molecule has 7 heteroatoms. The van der Waals surface area contributed by atoms with E-state index in [0.29, 0.717) is 13.2 Å². The zero-order valence-electron chi connectivity index (χ0n) is 12.3. The first-order valence-corrected chi connectivity index (χ1v) is 9.01. The summed E-state index contributed by atoms with van der Waals surface area (Å²) < 4.78 is 6.42. The summed E-state index contributed by atoms with van der Waals surface area (Å²) in [6.45, 7) is 2.65. The molecule has 0 radical (unpaired) electrons. The molecule has 124 valence electrons. The number of benzene rings is 1. The van der Waals surface area contributed by atoms with Crippen molar-refractivity contribution >= 4 is 46.0 Å². The topological polar surface area (TPSA) is 50.4 Å². The molecule has 1 fully saturated rings. The van der Waals surface area contributed by atoms with Crippen molar-refractivity contribution in [2.45, 2.75) is 23.8 Å². The van der Waals surface area contributed by atoms with Gasteiger partial charge in [0.15, 0.2) is 0 Å². The minimum absolute atomic E-state index is 0. The Balaban J connectivity index is 0.00000242. The highest BCUT2D eigenvalue weighted by molar-refractivity contribution is 9.10. The van der Waals surface area contributed by atoms with Crippen LogP contribution < -0.4 is 10.6 Å². The van der Waals surface area contributed by atoms with Crippen molar-refractivity contribution < 1.29 is 9.53 Å². The standard InChI is InChI=1S/C15H21BrN2O2S.ClH/c16-12-5-1-2-6-14(12)21-10-4-3-7-18-15(19)13-11-20-9-8-17-13;/h1-2,5-6,13,17H,3-4,7-11H2,(H,18,19);1H. The molecule has 1 aromatic rings. The maximum atomic E-state index is 11.8. The van der Waals surface area contributed by atoms with Crippen LogP contribution in [0.4, 0.5) is 0 Å². The van der Waals surface area contributed by atoms with E-state index in [1.54, 1.807) is 0 Å². The molecular formula is C15H22BrClN2O2S. The predicted molar refractivity (Wildman–Crippen MR) is 97.0 cm³/mol. The van der Waals surface area contributed by atoms with Gasteiger partial charge >= 0.3 is 0 Å². The highest BCUT2D eigenvalue weighted by atomic mass is 79.9. The molecule has 0 spiro atoms. The molecule has 0 aliphatic carbocycles. The Kier molecular flexibility index (Phi) is 10.2. The summed E-state index contributed by atoms with van der Waals surface area (Å²) in [6.07, 6.45) is 2.08. The summed E-state index contributed by atoms with van der Waals surface area (Å²) in [5.41, 5.74) is 0. The number of unbranched alkanes of at least 4 members (excludes halogenated alkanes) is 1. The second-order valence-corrected chi connectivity index (χ2v) is 6.85. The fourth-order valence-electron chi connectivity index (χ4n) is 2.04. The van der Waals surface area contributed by atoms with Crippen molar-refractivity contribution in [3.63, 3.8) is 0 Å². The first-order chi connectivity index (χ1) is 10.3. The van der Waals surface area contributed by atoms with Crippen molar-refractivity contribution in [2.24, 2.45) is 0 Å². The van der Waals surface area contributed by atoms with Crippen LogP contribution in [-0.2, 0) is 9.53 Å². The van der Waals surface area contributed by atoms with Gasteiger partial charge in [-0.15, -0.1) is 24.2 Å². The van der Waals surface area contributed by atoms with Crippen molar-refractivity contribution in [1.29, 1.82) is 0 Å². The SMILES string of the molecule is Cl.O=C(NCCCCSc1ccccc1Br)C1COCCN1. The van der Waals surface area contributed by atoms with Crippen LogP contribution in [0.1, 0.15) is 12.8 Å². The van der Waals surface area contributed by atoms with Crippen molar-refractivity contribution in [3.8, 4) is 0 Å². The van der Waals surface area contributed by atoms with Crippen molar-refractivity contribution in [2.75, 3.05) is 32.1 Å². The average molecular weight is 410 g/mol. The number of hydrogen-bond donors (Lipinski definition) is 2. The predicted octanol–water partition coefficient (Wildman–Crippen LogP) is 2.85. The van der Waals surface area contributed by atoms with E-state index in [4.69, 9.17) is 4.74 Å². The highest BCUT2D eigenvalue weighted by Crippen LogP contribution is 2.27. The lowest BCUT2D eigenvalue weighted by molar-refractivity contribution is -0.125. The number of morpholine rings is 1. The first kappa shape index (κ1) is 19.8. The molecule has 1 atom stereocenters. The number of halogens is 2. The number of carbonyl (C=O) groups is 1. The van der Waals surface area contributed by atoms with Crippen LogP contribution >= 0.6 is 40.1 Å². The van der Waals surface area contributed by atoms with Gasteiger partial charge in [-0.05, 0) is 46.7 Å². The van der Waals surface area contributed by atoms with Gasteiger partial charge in [-0.25, -0.2) is 0 Å². The second-order valence-electron chi connectivity index (χ2n) is 4.86. The average Bonchev–Trinajstić information content (AvgIpc) is 2.53. The lowest BCUT2D eigenvalue weighted by atomic mass is 10.2. The zero-order chi connectivity index (χ0) is 14.9.